The second-order valence-corrected chi connectivity index (χ2v) is 5.18. The van der Waals surface area contributed by atoms with Gasteiger partial charge >= 0.3 is 5.97 Å². The van der Waals surface area contributed by atoms with Crippen LogP contribution in [0.5, 0.6) is 0 Å². The number of aliphatic carboxylic acids is 1. The molecule has 1 aliphatic carbocycles. The molecule has 0 aromatic carbocycles. The number of fused-ring (bicyclic) bond motifs is 1. The van der Waals surface area contributed by atoms with Crippen LogP contribution in [0.1, 0.15) is 39.0 Å². The molecule has 0 aromatic heterocycles. The largest absolute Gasteiger partial charge is 0.481 e. The summed E-state index contributed by atoms with van der Waals surface area (Å²) in [7, 11) is 0. The van der Waals surface area contributed by atoms with Crippen LogP contribution < -0.4 is 5.32 Å². The fraction of sp³-hybridized carbons (Fsp3) is 0.917. The number of carbonyl (C=O) groups is 1. The summed E-state index contributed by atoms with van der Waals surface area (Å²) in [5, 5.41) is 12.4. The van der Waals surface area contributed by atoms with Crippen molar-refractivity contribution in [2.24, 2.45) is 17.8 Å². The van der Waals surface area contributed by atoms with Gasteiger partial charge < -0.3 is 10.4 Å². The van der Waals surface area contributed by atoms with E-state index in [0.717, 1.165) is 24.8 Å². The first-order valence-electron chi connectivity index (χ1n) is 6.14. The van der Waals surface area contributed by atoms with Crippen molar-refractivity contribution in [2.75, 3.05) is 6.54 Å². The summed E-state index contributed by atoms with van der Waals surface area (Å²) in [6.45, 7) is 2.86. The summed E-state index contributed by atoms with van der Waals surface area (Å²) < 4.78 is 0. The van der Waals surface area contributed by atoms with Crippen LogP contribution in [-0.2, 0) is 4.79 Å². The van der Waals surface area contributed by atoms with Crippen molar-refractivity contribution in [3.8, 4) is 0 Å². The Kier molecular flexibility index (Phi) is 3.29. The molecule has 4 atom stereocenters. The zero-order valence-electron chi connectivity index (χ0n) is 9.41. The normalized spacial score (nSPS) is 38.1. The Bertz CT molecular complexity index is 242. The number of hydrogen-bond acceptors (Lipinski definition) is 2. The Morgan fingerprint density at radius 1 is 1.33 bits per heavy atom. The van der Waals surface area contributed by atoms with Crippen LogP contribution in [0.2, 0.25) is 0 Å². The van der Waals surface area contributed by atoms with Gasteiger partial charge in [0.15, 0.2) is 0 Å². The lowest BCUT2D eigenvalue weighted by Crippen LogP contribution is -2.49. The van der Waals surface area contributed by atoms with Crippen molar-refractivity contribution in [1.29, 1.82) is 0 Å². The highest BCUT2D eigenvalue weighted by Crippen LogP contribution is 2.36. The summed E-state index contributed by atoms with van der Waals surface area (Å²) in [6, 6.07) is 0.196. The highest BCUT2D eigenvalue weighted by Gasteiger charge is 2.35. The molecule has 15 heavy (non-hydrogen) atoms. The number of hydrogen-bond donors (Lipinski definition) is 2. The number of nitrogens with one attached hydrogen (secondary N) is 1. The molecule has 1 aliphatic heterocycles. The average Bonchev–Trinajstić information content (AvgIpc) is 2.27. The standard InChI is InChI=1S/C12H21NO2/c1-8(12(14)15)11-6-9-4-2-3-5-10(9)7-13-11/h8-11,13H,2-7H2,1H3,(H,14,15). The van der Waals surface area contributed by atoms with E-state index in [0.29, 0.717) is 0 Å². The van der Waals surface area contributed by atoms with E-state index in [1.165, 1.54) is 25.7 Å². The highest BCUT2D eigenvalue weighted by atomic mass is 16.4. The quantitative estimate of drug-likeness (QED) is 0.733. The van der Waals surface area contributed by atoms with Crippen molar-refractivity contribution in [3.05, 3.63) is 0 Å². The first-order valence-corrected chi connectivity index (χ1v) is 6.14. The van der Waals surface area contributed by atoms with Gasteiger partial charge in [0.1, 0.15) is 0 Å². The van der Waals surface area contributed by atoms with Crippen LogP contribution >= 0.6 is 0 Å². The zero-order valence-corrected chi connectivity index (χ0v) is 9.41. The van der Waals surface area contributed by atoms with Crippen LogP contribution in [0, 0.1) is 17.8 Å². The molecule has 1 heterocycles. The molecule has 0 bridgehead atoms. The van der Waals surface area contributed by atoms with Gasteiger partial charge in [-0.2, -0.15) is 0 Å². The van der Waals surface area contributed by atoms with E-state index in [2.05, 4.69) is 5.32 Å². The topological polar surface area (TPSA) is 49.3 Å². The lowest BCUT2D eigenvalue weighted by molar-refractivity contribution is -0.142. The Labute approximate surface area is 91.2 Å². The van der Waals surface area contributed by atoms with E-state index in [9.17, 15) is 4.79 Å². The van der Waals surface area contributed by atoms with Gasteiger partial charge in [0.2, 0.25) is 0 Å². The predicted molar refractivity (Wildman–Crippen MR) is 58.7 cm³/mol. The smallest absolute Gasteiger partial charge is 0.307 e. The fourth-order valence-corrected chi connectivity index (χ4v) is 3.13. The predicted octanol–water partition coefficient (Wildman–Crippen LogP) is 1.88. The lowest BCUT2D eigenvalue weighted by Gasteiger charge is -2.41. The molecule has 1 saturated heterocycles. The maximum absolute atomic E-state index is 10.9. The maximum atomic E-state index is 10.9. The molecule has 0 aromatic rings. The Hall–Kier alpha value is -0.570. The van der Waals surface area contributed by atoms with Crippen molar-refractivity contribution in [2.45, 2.75) is 45.1 Å². The van der Waals surface area contributed by atoms with Crippen LogP contribution in [0.4, 0.5) is 0 Å². The molecule has 2 fully saturated rings. The van der Waals surface area contributed by atoms with Crippen molar-refractivity contribution in [1.82, 2.24) is 5.32 Å². The minimum atomic E-state index is -0.665. The molecular weight excluding hydrogens is 190 g/mol. The monoisotopic (exact) mass is 211 g/mol. The van der Waals surface area contributed by atoms with Crippen molar-refractivity contribution in [3.63, 3.8) is 0 Å². The molecule has 3 heteroatoms. The van der Waals surface area contributed by atoms with E-state index >= 15 is 0 Å². The van der Waals surface area contributed by atoms with Crippen LogP contribution in [-0.4, -0.2) is 23.7 Å². The summed E-state index contributed by atoms with van der Waals surface area (Å²) in [4.78, 5) is 10.9. The summed E-state index contributed by atoms with van der Waals surface area (Å²) in [5.74, 6) is 0.692. The third-order valence-electron chi connectivity index (χ3n) is 4.26. The highest BCUT2D eigenvalue weighted by molar-refractivity contribution is 5.70. The first-order chi connectivity index (χ1) is 7.18. The van der Waals surface area contributed by atoms with Crippen LogP contribution in [0.3, 0.4) is 0 Å². The molecule has 2 aliphatic rings. The molecule has 0 amide bonds. The molecule has 0 radical (unpaired) electrons. The lowest BCUT2D eigenvalue weighted by atomic mass is 9.72. The average molecular weight is 211 g/mol. The molecule has 2 rings (SSSR count). The number of carboxylic acid groups (broad SMARTS) is 1. The molecule has 3 nitrogen and oxygen atoms in total. The molecule has 2 N–H and O–H groups in total. The van der Waals surface area contributed by atoms with Crippen LogP contribution in [0.25, 0.3) is 0 Å². The van der Waals surface area contributed by atoms with Gasteiger partial charge in [-0.1, -0.05) is 26.2 Å². The van der Waals surface area contributed by atoms with E-state index in [1.807, 2.05) is 6.92 Å². The molecule has 86 valence electrons. The van der Waals surface area contributed by atoms with Crippen molar-refractivity contribution >= 4 is 5.97 Å². The van der Waals surface area contributed by atoms with E-state index in [1.54, 1.807) is 0 Å². The molecule has 0 spiro atoms. The third kappa shape index (κ3) is 2.33. The summed E-state index contributed by atoms with van der Waals surface area (Å²) in [6.07, 6.45) is 6.43. The minimum absolute atomic E-state index is 0.196. The second-order valence-electron chi connectivity index (χ2n) is 5.18. The Morgan fingerprint density at radius 2 is 2.00 bits per heavy atom. The Balaban J connectivity index is 1.93. The van der Waals surface area contributed by atoms with Gasteiger partial charge in [-0.3, -0.25) is 4.79 Å². The van der Waals surface area contributed by atoms with E-state index in [4.69, 9.17) is 5.11 Å². The number of carboxylic acids is 1. The number of rotatable bonds is 2. The van der Waals surface area contributed by atoms with Crippen molar-refractivity contribution < 1.29 is 9.90 Å². The maximum Gasteiger partial charge on any atom is 0.307 e. The third-order valence-corrected chi connectivity index (χ3v) is 4.26. The van der Waals surface area contributed by atoms with E-state index in [-0.39, 0.29) is 12.0 Å². The first kappa shape index (κ1) is 10.9. The zero-order chi connectivity index (χ0) is 10.8. The van der Waals surface area contributed by atoms with Gasteiger partial charge in [0.25, 0.3) is 0 Å². The molecule has 4 unspecified atom stereocenters. The fourth-order valence-electron chi connectivity index (χ4n) is 3.13. The molecular formula is C12H21NO2. The molecule has 1 saturated carbocycles. The minimum Gasteiger partial charge on any atom is -0.481 e. The second kappa shape index (κ2) is 4.52. The SMILES string of the molecule is CC(C(=O)O)C1CC2CCCCC2CN1. The van der Waals surface area contributed by atoms with Gasteiger partial charge in [0.05, 0.1) is 5.92 Å². The number of piperidine rings is 1. The Morgan fingerprint density at radius 3 is 2.67 bits per heavy atom. The summed E-state index contributed by atoms with van der Waals surface area (Å²) in [5.41, 5.74) is 0. The van der Waals surface area contributed by atoms with E-state index < -0.39 is 5.97 Å². The van der Waals surface area contributed by atoms with Gasteiger partial charge in [0, 0.05) is 6.04 Å². The van der Waals surface area contributed by atoms with Gasteiger partial charge in [-0.15, -0.1) is 0 Å². The summed E-state index contributed by atoms with van der Waals surface area (Å²) >= 11 is 0. The van der Waals surface area contributed by atoms with Crippen LogP contribution in [0.15, 0.2) is 0 Å². The van der Waals surface area contributed by atoms with Gasteiger partial charge in [-0.25, -0.2) is 0 Å². The van der Waals surface area contributed by atoms with Gasteiger partial charge in [-0.05, 0) is 31.2 Å².